The summed E-state index contributed by atoms with van der Waals surface area (Å²) >= 11 is 7.60. The molecule has 0 aliphatic rings. The summed E-state index contributed by atoms with van der Waals surface area (Å²) in [5.74, 6) is 0.973. The highest BCUT2D eigenvalue weighted by Gasteiger charge is 2.29. The van der Waals surface area contributed by atoms with Crippen LogP contribution in [0.5, 0.6) is 0 Å². The van der Waals surface area contributed by atoms with E-state index in [0.717, 1.165) is 17.7 Å². The Morgan fingerprint density at radius 1 is 1.06 bits per heavy atom. The third kappa shape index (κ3) is 7.89. The maximum Gasteiger partial charge on any atom is 0.243 e. The second-order valence-electron chi connectivity index (χ2n) is 7.81. The Morgan fingerprint density at radius 3 is 2.35 bits per heavy atom. The normalized spacial score (nSPS) is 12.8. The Balaban J connectivity index is 2.14. The minimum absolute atomic E-state index is 0.0281. The molecule has 6 heteroatoms. The fraction of sp³-hybridized carbons (Fsp3) is 0.440. The van der Waals surface area contributed by atoms with E-state index in [9.17, 15) is 9.59 Å². The van der Waals surface area contributed by atoms with Crippen molar-refractivity contribution in [2.75, 3.05) is 5.75 Å². The summed E-state index contributed by atoms with van der Waals surface area (Å²) in [7, 11) is 0. The molecule has 0 spiro atoms. The van der Waals surface area contributed by atoms with Gasteiger partial charge in [-0.3, -0.25) is 9.59 Å². The van der Waals surface area contributed by atoms with Gasteiger partial charge < -0.3 is 10.2 Å². The van der Waals surface area contributed by atoms with Gasteiger partial charge in [0.1, 0.15) is 6.04 Å². The molecule has 0 heterocycles. The van der Waals surface area contributed by atoms with Crippen LogP contribution in [0.15, 0.2) is 48.5 Å². The molecule has 2 atom stereocenters. The van der Waals surface area contributed by atoms with Crippen LogP contribution >= 0.6 is 23.4 Å². The van der Waals surface area contributed by atoms with Crippen molar-refractivity contribution < 1.29 is 9.59 Å². The molecule has 2 aromatic carbocycles. The number of hydrogen-bond acceptors (Lipinski definition) is 3. The first-order chi connectivity index (χ1) is 14.8. The van der Waals surface area contributed by atoms with Crippen LogP contribution in [0.2, 0.25) is 5.02 Å². The topological polar surface area (TPSA) is 49.4 Å². The van der Waals surface area contributed by atoms with E-state index in [4.69, 9.17) is 11.6 Å². The van der Waals surface area contributed by atoms with E-state index in [2.05, 4.69) is 24.4 Å². The molecule has 0 saturated heterocycles. The summed E-state index contributed by atoms with van der Waals surface area (Å²) in [6.45, 7) is 8.42. The molecule has 2 unspecified atom stereocenters. The van der Waals surface area contributed by atoms with E-state index >= 15 is 0 Å². The van der Waals surface area contributed by atoms with E-state index in [1.807, 2.05) is 57.2 Å². The van der Waals surface area contributed by atoms with Crippen LogP contribution in [0.4, 0.5) is 0 Å². The molecule has 2 rings (SSSR count). The molecule has 1 N–H and O–H groups in total. The van der Waals surface area contributed by atoms with Crippen LogP contribution in [0, 0.1) is 6.92 Å². The van der Waals surface area contributed by atoms with Gasteiger partial charge in [0.15, 0.2) is 0 Å². The molecule has 0 aliphatic heterocycles. The van der Waals surface area contributed by atoms with Gasteiger partial charge >= 0.3 is 0 Å². The molecule has 0 bridgehead atoms. The highest BCUT2D eigenvalue weighted by Crippen LogP contribution is 2.20. The Hall–Kier alpha value is -1.98. The lowest BCUT2D eigenvalue weighted by Crippen LogP contribution is -2.51. The molecule has 0 aromatic heterocycles. The van der Waals surface area contributed by atoms with Crippen LogP contribution in [0.1, 0.15) is 50.3 Å². The number of amides is 2. The van der Waals surface area contributed by atoms with E-state index in [0.29, 0.717) is 23.7 Å². The highest BCUT2D eigenvalue weighted by molar-refractivity contribution is 7.99. The average molecular weight is 461 g/mol. The third-order valence-electron chi connectivity index (χ3n) is 5.40. The van der Waals surface area contributed by atoms with E-state index in [1.54, 1.807) is 16.7 Å². The first kappa shape index (κ1) is 25.3. The fourth-order valence-corrected chi connectivity index (χ4v) is 4.36. The SMILES string of the molecule is CCC(C)NC(=O)C(CC)N(Cc1ccc(Cl)cc1)C(=O)CSCc1ccccc1C. The van der Waals surface area contributed by atoms with Gasteiger partial charge in [-0.15, -0.1) is 11.8 Å². The number of nitrogens with one attached hydrogen (secondary N) is 1. The molecule has 0 fully saturated rings. The van der Waals surface area contributed by atoms with Gasteiger partial charge in [-0.05, 0) is 55.5 Å². The van der Waals surface area contributed by atoms with Crippen LogP contribution in [0.25, 0.3) is 0 Å². The number of aryl methyl sites for hydroxylation is 1. The van der Waals surface area contributed by atoms with Gasteiger partial charge in [-0.2, -0.15) is 0 Å². The summed E-state index contributed by atoms with van der Waals surface area (Å²) < 4.78 is 0. The van der Waals surface area contributed by atoms with Crippen molar-refractivity contribution in [1.82, 2.24) is 10.2 Å². The zero-order valence-corrected chi connectivity index (χ0v) is 20.4. The molecule has 0 radical (unpaired) electrons. The van der Waals surface area contributed by atoms with E-state index in [1.165, 1.54) is 11.1 Å². The summed E-state index contributed by atoms with van der Waals surface area (Å²) in [4.78, 5) is 27.9. The van der Waals surface area contributed by atoms with Crippen molar-refractivity contribution in [1.29, 1.82) is 0 Å². The zero-order valence-electron chi connectivity index (χ0n) is 18.9. The van der Waals surface area contributed by atoms with Crippen LogP contribution in [-0.4, -0.2) is 34.6 Å². The van der Waals surface area contributed by atoms with Crippen molar-refractivity contribution in [3.63, 3.8) is 0 Å². The molecule has 2 aromatic rings. The summed E-state index contributed by atoms with van der Waals surface area (Å²) in [5, 5.41) is 3.69. The smallest absolute Gasteiger partial charge is 0.243 e. The predicted molar refractivity (Wildman–Crippen MR) is 131 cm³/mol. The largest absolute Gasteiger partial charge is 0.352 e. The lowest BCUT2D eigenvalue weighted by molar-refractivity contribution is -0.139. The van der Waals surface area contributed by atoms with Crippen LogP contribution < -0.4 is 5.32 Å². The predicted octanol–water partition coefficient (Wildman–Crippen LogP) is 5.60. The Morgan fingerprint density at radius 2 is 1.74 bits per heavy atom. The highest BCUT2D eigenvalue weighted by atomic mass is 35.5. The first-order valence-corrected chi connectivity index (χ1v) is 12.4. The molecule has 0 aliphatic carbocycles. The lowest BCUT2D eigenvalue weighted by atomic mass is 10.1. The number of nitrogens with zero attached hydrogens (tertiary/aromatic N) is 1. The molecular formula is C25H33ClN2O2S. The van der Waals surface area contributed by atoms with Gasteiger partial charge in [0.2, 0.25) is 11.8 Å². The van der Waals surface area contributed by atoms with Crippen molar-refractivity contribution in [3.05, 3.63) is 70.2 Å². The summed E-state index contributed by atoms with van der Waals surface area (Å²) in [6, 6.07) is 15.2. The second-order valence-corrected chi connectivity index (χ2v) is 9.23. The third-order valence-corrected chi connectivity index (χ3v) is 6.62. The monoisotopic (exact) mass is 460 g/mol. The standard InChI is InChI=1S/C25H33ClN2O2S/c1-5-19(4)27-25(30)23(6-2)28(15-20-11-13-22(26)14-12-20)24(29)17-31-16-21-10-8-7-9-18(21)3/h7-14,19,23H,5-6,15-17H2,1-4H3,(H,27,30). The fourth-order valence-electron chi connectivity index (χ4n) is 3.25. The van der Waals surface area contributed by atoms with Crippen molar-refractivity contribution in [2.24, 2.45) is 0 Å². The van der Waals surface area contributed by atoms with Crippen LogP contribution in [-0.2, 0) is 21.9 Å². The molecule has 2 amide bonds. The Kier molecular flexibility index (Phi) is 10.4. The van der Waals surface area contributed by atoms with Crippen LogP contribution in [0.3, 0.4) is 0 Å². The quantitative estimate of drug-likeness (QED) is 0.474. The second kappa shape index (κ2) is 12.8. The van der Waals surface area contributed by atoms with E-state index < -0.39 is 6.04 Å². The molecule has 31 heavy (non-hydrogen) atoms. The number of rotatable bonds is 11. The maximum atomic E-state index is 13.2. The van der Waals surface area contributed by atoms with Gasteiger partial charge in [0.25, 0.3) is 0 Å². The number of carbonyl (C=O) groups excluding carboxylic acids is 2. The number of carbonyl (C=O) groups is 2. The minimum atomic E-state index is -0.503. The molecule has 4 nitrogen and oxygen atoms in total. The van der Waals surface area contributed by atoms with Gasteiger partial charge in [0, 0.05) is 23.4 Å². The van der Waals surface area contributed by atoms with Gasteiger partial charge in [0.05, 0.1) is 5.75 Å². The zero-order chi connectivity index (χ0) is 22.8. The van der Waals surface area contributed by atoms with Gasteiger partial charge in [-0.25, -0.2) is 0 Å². The summed E-state index contributed by atoms with van der Waals surface area (Å²) in [5.41, 5.74) is 3.40. The first-order valence-electron chi connectivity index (χ1n) is 10.8. The molecular weight excluding hydrogens is 428 g/mol. The number of hydrogen-bond donors (Lipinski definition) is 1. The van der Waals surface area contributed by atoms with E-state index in [-0.39, 0.29) is 17.9 Å². The Labute approximate surface area is 195 Å². The number of halogens is 1. The van der Waals surface area contributed by atoms with Crippen molar-refractivity contribution in [3.8, 4) is 0 Å². The van der Waals surface area contributed by atoms with Crippen molar-refractivity contribution >= 4 is 35.2 Å². The van der Waals surface area contributed by atoms with Gasteiger partial charge in [-0.1, -0.05) is 61.8 Å². The minimum Gasteiger partial charge on any atom is -0.352 e. The lowest BCUT2D eigenvalue weighted by Gasteiger charge is -2.31. The maximum absolute atomic E-state index is 13.2. The molecule has 168 valence electrons. The Bertz CT molecular complexity index is 857. The number of thioether (sulfide) groups is 1. The summed E-state index contributed by atoms with van der Waals surface area (Å²) in [6.07, 6.45) is 1.41. The molecule has 0 saturated carbocycles. The van der Waals surface area contributed by atoms with Crippen molar-refractivity contribution in [2.45, 2.75) is 64.9 Å². The average Bonchev–Trinajstić information content (AvgIpc) is 2.76. The number of benzene rings is 2.